The van der Waals surface area contributed by atoms with Gasteiger partial charge in [0.15, 0.2) is 0 Å². The number of nitrogens with one attached hydrogen (secondary N) is 1. The van der Waals surface area contributed by atoms with Crippen molar-refractivity contribution in [1.29, 1.82) is 0 Å². The Morgan fingerprint density at radius 3 is 2.34 bits per heavy atom. The summed E-state index contributed by atoms with van der Waals surface area (Å²) in [5, 5.41) is 14.7. The zero-order valence-corrected chi connectivity index (χ0v) is 26.2. The van der Waals surface area contributed by atoms with Crippen molar-refractivity contribution < 1.29 is 27.7 Å². The van der Waals surface area contributed by atoms with Crippen molar-refractivity contribution in [1.82, 2.24) is 10.2 Å². The van der Waals surface area contributed by atoms with Crippen molar-refractivity contribution in [2.45, 2.75) is 70.0 Å². The van der Waals surface area contributed by atoms with E-state index in [1.54, 1.807) is 19.1 Å². The number of benzene rings is 3. The number of sulfonamides is 1. The summed E-state index contributed by atoms with van der Waals surface area (Å²) in [6.45, 7) is 4.49. The molecule has 0 heterocycles. The second-order valence-electron chi connectivity index (χ2n) is 11.1. The lowest BCUT2D eigenvalue weighted by Crippen LogP contribution is -2.52. The molecule has 0 aliphatic heterocycles. The van der Waals surface area contributed by atoms with Crippen LogP contribution in [-0.2, 0) is 26.2 Å². The minimum absolute atomic E-state index is 0.0365. The van der Waals surface area contributed by atoms with Crippen LogP contribution in [0.25, 0.3) is 0 Å². The van der Waals surface area contributed by atoms with Crippen LogP contribution in [-0.4, -0.2) is 55.8 Å². The van der Waals surface area contributed by atoms with Gasteiger partial charge in [-0.15, -0.1) is 0 Å². The molecule has 12 heteroatoms. The van der Waals surface area contributed by atoms with Gasteiger partial charge >= 0.3 is 0 Å². The second kappa shape index (κ2) is 13.9. The highest BCUT2D eigenvalue weighted by atomic mass is 32.2. The van der Waals surface area contributed by atoms with Gasteiger partial charge in [-0.25, -0.2) is 8.42 Å². The van der Waals surface area contributed by atoms with Crippen LogP contribution in [0.1, 0.15) is 49.3 Å². The van der Waals surface area contributed by atoms with Gasteiger partial charge in [0.25, 0.3) is 15.7 Å². The highest BCUT2D eigenvalue weighted by molar-refractivity contribution is 7.92. The van der Waals surface area contributed by atoms with E-state index in [0.29, 0.717) is 11.3 Å². The Hall–Kier alpha value is -4.45. The van der Waals surface area contributed by atoms with Gasteiger partial charge in [-0.05, 0) is 69.5 Å². The molecule has 234 valence electrons. The third-order valence-electron chi connectivity index (χ3n) is 7.91. The number of rotatable bonds is 12. The maximum Gasteiger partial charge on any atom is 0.273 e. The average Bonchev–Trinajstić information content (AvgIpc) is 3.51. The van der Waals surface area contributed by atoms with Crippen LogP contribution in [0.15, 0.2) is 71.6 Å². The number of methoxy groups -OCH3 is 1. The number of anilines is 1. The van der Waals surface area contributed by atoms with Crippen molar-refractivity contribution >= 4 is 33.2 Å². The predicted octanol–water partition coefficient (Wildman–Crippen LogP) is 4.89. The molecule has 2 amide bonds. The molecule has 1 saturated carbocycles. The first-order valence-corrected chi connectivity index (χ1v) is 15.9. The molecule has 1 atom stereocenters. The molecule has 0 bridgehead atoms. The third kappa shape index (κ3) is 7.54. The van der Waals surface area contributed by atoms with E-state index in [1.165, 1.54) is 43.2 Å². The van der Waals surface area contributed by atoms with Crippen LogP contribution in [0, 0.1) is 24.0 Å². The number of nitro benzene ring substituents is 1. The lowest BCUT2D eigenvalue weighted by atomic mass is 10.1. The molecule has 1 aliphatic carbocycles. The van der Waals surface area contributed by atoms with Gasteiger partial charge in [0.1, 0.15) is 18.3 Å². The minimum atomic E-state index is -4.48. The number of carbonyl (C=O) groups excluding carboxylic acids is 2. The van der Waals surface area contributed by atoms with Gasteiger partial charge in [-0.1, -0.05) is 48.7 Å². The molecule has 0 saturated heterocycles. The predicted molar refractivity (Wildman–Crippen MR) is 167 cm³/mol. The second-order valence-corrected chi connectivity index (χ2v) is 13.0. The molecule has 1 fully saturated rings. The van der Waals surface area contributed by atoms with Gasteiger partial charge in [0.2, 0.25) is 11.8 Å². The summed E-state index contributed by atoms with van der Waals surface area (Å²) >= 11 is 0. The number of nitro groups is 1. The van der Waals surface area contributed by atoms with E-state index in [4.69, 9.17) is 4.74 Å². The van der Waals surface area contributed by atoms with E-state index >= 15 is 0 Å². The fourth-order valence-electron chi connectivity index (χ4n) is 5.33. The Morgan fingerprint density at radius 1 is 1.05 bits per heavy atom. The lowest BCUT2D eigenvalue weighted by molar-refractivity contribution is -0.385. The minimum Gasteiger partial charge on any atom is -0.497 e. The summed E-state index contributed by atoms with van der Waals surface area (Å²) in [6.07, 6.45) is 3.79. The summed E-state index contributed by atoms with van der Waals surface area (Å²) in [5.41, 5.74) is 1.85. The smallest absolute Gasteiger partial charge is 0.273 e. The Balaban J connectivity index is 1.73. The number of ether oxygens (including phenoxy) is 1. The van der Waals surface area contributed by atoms with Gasteiger partial charge in [0, 0.05) is 24.2 Å². The number of carbonyl (C=O) groups is 2. The standard InChI is InChI=1S/C32H38N4O7S/c1-22-8-7-9-25(18-22)20-34(24(3)32(38)33-26-10-5-6-11-26)31(37)21-35(27-13-15-28(43-4)16-14-27)44(41,42)29-17-12-23(2)30(19-29)36(39)40/h7-9,12-19,24,26H,5-6,10-11,20-21H2,1-4H3,(H,33,38)/t24-/m0/s1. The van der Waals surface area contributed by atoms with E-state index in [2.05, 4.69) is 5.32 Å². The molecule has 0 aromatic heterocycles. The summed E-state index contributed by atoms with van der Waals surface area (Å²) in [6, 6.07) is 16.4. The molecular formula is C32H38N4O7S. The highest BCUT2D eigenvalue weighted by Gasteiger charge is 2.34. The number of hydrogen-bond donors (Lipinski definition) is 1. The fraction of sp³-hybridized carbons (Fsp3) is 0.375. The molecule has 0 radical (unpaired) electrons. The Labute approximate surface area is 258 Å². The van der Waals surface area contributed by atoms with E-state index in [9.17, 15) is 28.1 Å². The number of aryl methyl sites for hydroxylation is 2. The van der Waals surface area contributed by atoms with E-state index in [-0.39, 0.29) is 34.8 Å². The van der Waals surface area contributed by atoms with Gasteiger partial charge in [-0.3, -0.25) is 24.0 Å². The van der Waals surface area contributed by atoms with Gasteiger partial charge in [0.05, 0.1) is 22.6 Å². The first kappa shape index (κ1) is 32.5. The summed E-state index contributed by atoms with van der Waals surface area (Å²) in [4.78, 5) is 39.5. The highest BCUT2D eigenvalue weighted by Crippen LogP contribution is 2.29. The number of nitrogens with zero attached hydrogens (tertiary/aromatic N) is 3. The zero-order valence-electron chi connectivity index (χ0n) is 25.4. The first-order chi connectivity index (χ1) is 20.9. The van der Waals surface area contributed by atoms with Gasteiger partial charge in [-0.2, -0.15) is 0 Å². The van der Waals surface area contributed by atoms with E-state index in [1.807, 2.05) is 31.2 Å². The summed E-state index contributed by atoms with van der Waals surface area (Å²) in [7, 11) is -3.01. The number of amides is 2. The van der Waals surface area contributed by atoms with Crippen LogP contribution in [0.2, 0.25) is 0 Å². The van der Waals surface area contributed by atoms with Crippen LogP contribution < -0.4 is 14.4 Å². The van der Waals surface area contributed by atoms with Crippen molar-refractivity contribution in [3.63, 3.8) is 0 Å². The molecule has 1 aliphatic rings. The first-order valence-electron chi connectivity index (χ1n) is 14.5. The summed E-state index contributed by atoms with van der Waals surface area (Å²) in [5.74, 6) is -0.450. The molecule has 0 spiro atoms. The Bertz CT molecular complexity index is 1620. The average molecular weight is 623 g/mol. The Morgan fingerprint density at radius 2 is 1.73 bits per heavy atom. The molecule has 3 aromatic rings. The molecule has 3 aromatic carbocycles. The van der Waals surface area contributed by atoms with Gasteiger partial charge < -0.3 is 15.0 Å². The van der Waals surface area contributed by atoms with Crippen molar-refractivity contribution in [3.05, 3.63) is 93.5 Å². The quantitative estimate of drug-likeness (QED) is 0.224. The maximum absolute atomic E-state index is 14.1. The molecule has 0 unspecified atom stereocenters. The molecule has 11 nitrogen and oxygen atoms in total. The molecule has 44 heavy (non-hydrogen) atoms. The normalized spacial score (nSPS) is 14.1. The van der Waals surface area contributed by atoms with Crippen LogP contribution >= 0.6 is 0 Å². The fourth-order valence-corrected chi connectivity index (χ4v) is 6.77. The maximum atomic E-state index is 14.1. The Kier molecular flexibility index (Phi) is 10.3. The SMILES string of the molecule is COc1ccc(N(CC(=O)N(Cc2cccc(C)c2)[C@@H](C)C(=O)NC2CCCC2)S(=O)(=O)c2ccc(C)c([N+](=O)[O-])c2)cc1. The molecule has 4 rings (SSSR count). The largest absolute Gasteiger partial charge is 0.497 e. The lowest BCUT2D eigenvalue weighted by Gasteiger charge is -2.32. The molecular weight excluding hydrogens is 584 g/mol. The zero-order chi connectivity index (χ0) is 32.0. The molecule has 1 N–H and O–H groups in total. The third-order valence-corrected chi connectivity index (χ3v) is 9.68. The van der Waals surface area contributed by atoms with Crippen molar-refractivity contribution in [2.24, 2.45) is 0 Å². The van der Waals surface area contributed by atoms with E-state index in [0.717, 1.165) is 47.2 Å². The number of hydrogen-bond acceptors (Lipinski definition) is 7. The van der Waals surface area contributed by atoms with E-state index < -0.39 is 33.4 Å². The van der Waals surface area contributed by atoms with Crippen molar-refractivity contribution in [2.75, 3.05) is 18.0 Å². The summed E-state index contributed by atoms with van der Waals surface area (Å²) < 4.78 is 34.3. The monoisotopic (exact) mass is 622 g/mol. The van der Waals surface area contributed by atoms with Crippen LogP contribution in [0.3, 0.4) is 0 Å². The van der Waals surface area contributed by atoms with Crippen LogP contribution in [0.4, 0.5) is 11.4 Å². The topological polar surface area (TPSA) is 139 Å². The van der Waals surface area contributed by atoms with Crippen LogP contribution in [0.5, 0.6) is 5.75 Å². The van der Waals surface area contributed by atoms with Crippen molar-refractivity contribution in [3.8, 4) is 5.75 Å².